The lowest BCUT2D eigenvalue weighted by Gasteiger charge is -2.02. The highest BCUT2D eigenvalue weighted by atomic mass is 35.5. The monoisotopic (exact) mass is 243 g/mol. The predicted octanol–water partition coefficient (Wildman–Crippen LogP) is 4.46. The van der Waals surface area contributed by atoms with Crippen molar-refractivity contribution in [3.8, 4) is 11.3 Å². The Morgan fingerprint density at radius 2 is 1.94 bits per heavy atom. The smallest absolute Gasteiger partial charge is 0.167 e. The lowest BCUT2D eigenvalue weighted by molar-refractivity contribution is 0.459. The molecule has 0 N–H and O–H groups in total. The van der Waals surface area contributed by atoms with Gasteiger partial charge in [-0.15, -0.1) is 0 Å². The normalized spacial score (nSPS) is 10.9. The quantitative estimate of drug-likeness (QED) is 0.631. The molecule has 1 aromatic heterocycles. The maximum Gasteiger partial charge on any atom is 0.167 e. The van der Waals surface area contributed by atoms with Gasteiger partial charge in [-0.2, -0.15) is 0 Å². The molecule has 0 spiro atoms. The van der Waals surface area contributed by atoms with Crippen LogP contribution in [0.15, 0.2) is 47.0 Å². The molecular formula is C14H10ClNO. The molecule has 1 heterocycles. The van der Waals surface area contributed by atoms with Crippen molar-refractivity contribution in [1.29, 1.82) is 0 Å². The number of benzene rings is 2. The first-order chi connectivity index (χ1) is 8.25. The van der Waals surface area contributed by atoms with Crippen LogP contribution in [0.25, 0.3) is 22.2 Å². The fourth-order valence-electron chi connectivity index (χ4n) is 1.97. The zero-order valence-corrected chi connectivity index (χ0v) is 10.0. The number of fused-ring (bicyclic) bond motifs is 1. The molecule has 2 aromatic carbocycles. The first kappa shape index (κ1) is 10.4. The number of halogens is 1. The molecule has 3 rings (SSSR count). The van der Waals surface area contributed by atoms with E-state index in [4.69, 9.17) is 16.1 Å². The summed E-state index contributed by atoms with van der Waals surface area (Å²) in [7, 11) is 0. The summed E-state index contributed by atoms with van der Waals surface area (Å²) in [5.41, 5.74) is 3.82. The van der Waals surface area contributed by atoms with E-state index < -0.39 is 0 Å². The van der Waals surface area contributed by atoms with Crippen LogP contribution >= 0.6 is 11.6 Å². The highest BCUT2D eigenvalue weighted by molar-refractivity contribution is 6.30. The minimum absolute atomic E-state index is 0.735. The van der Waals surface area contributed by atoms with Gasteiger partial charge in [0.05, 0.1) is 0 Å². The summed E-state index contributed by atoms with van der Waals surface area (Å²) in [5, 5.41) is 5.90. The summed E-state index contributed by atoms with van der Waals surface area (Å²) < 4.78 is 5.31. The highest BCUT2D eigenvalue weighted by Gasteiger charge is 2.11. The first-order valence-electron chi connectivity index (χ1n) is 5.36. The molecule has 0 bridgehead atoms. The van der Waals surface area contributed by atoms with Crippen molar-refractivity contribution in [1.82, 2.24) is 5.16 Å². The molecule has 0 saturated heterocycles. The van der Waals surface area contributed by atoms with Crippen molar-refractivity contribution in [2.45, 2.75) is 6.92 Å². The van der Waals surface area contributed by atoms with Gasteiger partial charge in [0.2, 0.25) is 0 Å². The number of rotatable bonds is 1. The summed E-state index contributed by atoms with van der Waals surface area (Å²) >= 11 is 5.95. The summed E-state index contributed by atoms with van der Waals surface area (Å²) in [6.45, 7) is 2.02. The molecule has 0 aliphatic heterocycles. The van der Waals surface area contributed by atoms with E-state index in [0.717, 1.165) is 32.8 Å². The molecule has 3 heteroatoms. The molecule has 2 nitrogen and oxygen atoms in total. The van der Waals surface area contributed by atoms with Crippen LogP contribution in [0.1, 0.15) is 5.56 Å². The zero-order chi connectivity index (χ0) is 11.8. The van der Waals surface area contributed by atoms with E-state index in [2.05, 4.69) is 5.16 Å². The third-order valence-corrected chi connectivity index (χ3v) is 3.06. The molecule has 0 aliphatic carbocycles. The molecular weight excluding hydrogens is 234 g/mol. The third-order valence-electron chi connectivity index (χ3n) is 2.82. The molecule has 0 aliphatic rings. The van der Waals surface area contributed by atoms with E-state index in [1.54, 1.807) is 0 Å². The summed E-state index contributed by atoms with van der Waals surface area (Å²) in [6.07, 6.45) is 0. The molecule has 0 saturated carbocycles. The number of hydrogen-bond acceptors (Lipinski definition) is 2. The second-order valence-electron chi connectivity index (χ2n) is 3.99. The molecule has 0 fully saturated rings. The average Bonchev–Trinajstić information content (AvgIpc) is 2.73. The topological polar surface area (TPSA) is 26.0 Å². The Morgan fingerprint density at radius 3 is 2.76 bits per heavy atom. The molecule has 0 amide bonds. The van der Waals surface area contributed by atoms with E-state index in [0.29, 0.717) is 0 Å². The van der Waals surface area contributed by atoms with Crippen LogP contribution in [-0.4, -0.2) is 5.16 Å². The predicted molar refractivity (Wildman–Crippen MR) is 69.2 cm³/mol. The van der Waals surface area contributed by atoms with Crippen molar-refractivity contribution >= 4 is 22.6 Å². The standard InChI is InChI=1S/C14H10ClNO/c1-9-8-10(15)6-7-11(9)14-12-4-2-3-5-13(12)17-16-14/h2-8H,1H3. The maximum atomic E-state index is 5.95. The molecule has 0 atom stereocenters. The van der Waals surface area contributed by atoms with Crippen LogP contribution < -0.4 is 0 Å². The van der Waals surface area contributed by atoms with Crippen LogP contribution in [0.3, 0.4) is 0 Å². The molecule has 17 heavy (non-hydrogen) atoms. The second-order valence-corrected chi connectivity index (χ2v) is 4.42. The van der Waals surface area contributed by atoms with Gasteiger partial charge in [-0.3, -0.25) is 0 Å². The number of aromatic nitrogens is 1. The highest BCUT2D eigenvalue weighted by Crippen LogP contribution is 2.31. The number of nitrogens with zero attached hydrogens (tertiary/aromatic N) is 1. The van der Waals surface area contributed by atoms with Crippen LogP contribution in [0.2, 0.25) is 5.02 Å². The number of aryl methyl sites for hydroxylation is 1. The van der Waals surface area contributed by atoms with Gasteiger partial charge in [-0.05, 0) is 36.8 Å². The Hall–Kier alpha value is -1.80. The fraction of sp³-hybridized carbons (Fsp3) is 0.0714. The van der Waals surface area contributed by atoms with E-state index in [1.165, 1.54) is 0 Å². The molecule has 3 aromatic rings. The Bertz CT molecular complexity index is 688. The van der Waals surface area contributed by atoms with Gasteiger partial charge in [0.1, 0.15) is 5.69 Å². The van der Waals surface area contributed by atoms with Crippen LogP contribution in [0.4, 0.5) is 0 Å². The largest absolute Gasteiger partial charge is 0.356 e. The second kappa shape index (κ2) is 3.90. The van der Waals surface area contributed by atoms with Gasteiger partial charge >= 0.3 is 0 Å². The molecule has 84 valence electrons. The van der Waals surface area contributed by atoms with Crippen molar-refractivity contribution < 1.29 is 4.52 Å². The summed E-state index contributed by atoms with van der Waals surface area (Å²) in [6, 6.07) is 13.6. The van der Waals surface area contributed by atoms with Crippen LogP contribution in [0.5, 0.6) is 0 Å². The minimum atomic E-state index is 0.735. The Kier molecular flexibility index (Phi) is 2.37. The Balaban J connectivity index is 2.27. The van der Waals surface area contributed by atoms with E-state index in [9.17, 15) is 0 Å². The minimum Gasteiger partial charge on any atom is -0.356 e. The van der Waals surface area contributed by atoms with Gasteiger partial charge in [-0.1, -0.05) is 35.0 Å². The van der Waals surface area contributed by atoms with Gasteiger partial charge in [0.25, 0.3) is 0 Å². The van der Waals surface area contributed by atoms with Crippen molar-refractivity contribution in [2.24, 2.45) is 0 Å². The van der Waals surface area contributed by atoms with Crippen molar-refractivity contribution in [3.05, 3.63) is 53.1 Å². The van der Waals surface area contributed by atoms with Crippen molar-refractivity contribution in [3.63, 3.8) is 0 Å². The lowest BCUT2D eigenvalue weighted by atomic mass is 10.0. The Morgan fingerprint density at radius 1 is 1.12 bits per heavy atom. The first-order valence-corrected chi connectivity index (χ1v) is 5.74. The third kappa shape index (κ3) is 1.71. The van der Waals surface area contributed by atoms with Gasteiger partial charge in [0, 0.05) is 16.0 Å². The summed E-state index contributed by atoms with van der Waals surface area (Å²) in [5.74, 6) is 0. The van der Waals surface area contributed by atoms with Gasteiger partial charge in [-0.25, -0.2) is 0 Å². The van der Waals surface area contributed by atoms with Gasteiger partial charge in [0.15, 0.2) is 5.58 Å². The van der Waals surface area contributed by atoms with E-state index >= 15 is 0 Å². The van der Waals surface area contributed by atoms with Crippen LogP contribution in [-0.2, 0) is 0 Å². The SMILES string of the molecule is Cc1cc(Cl)ccc1-c1noc2ccccc12. The van der Waals surface area contributed by atoms with Gasteiger partial charge < -0.3 is 4.52 Å². The Labute approximate surface area is 104 Å². The molecule has 0 unspecified atom stereocenters. The number of para-hydroxylation sites is 1. The summed E-state index contributed by atoms with van der Waals surface area (Å²) in [4.78, 5) is 0. The van der Waals surface area contributed by atoms with E-state index in [1.807, 2.05) is 49.4 Å². The maximum absolute atomic E-state index is 5.95. The lowest BCUT2D eigenvalue weighted by Crippen LogP contribution is -1.83. The van der Waals surface area contributed by atoms with E-state index in [-0.39, 0.29) is 0 Å². The fourth-order valence-corrected chi connectivity index (χ4v) is 2.20. The van der Waals surface area contributed by atoms with Crippen LogP contribution in [0, 0.1) is 6.92 Å². The average molecular weight is 244 g/mol. The number of hydrogen-bond donors (Lipinski definition) is 0. The van der Waals surface area contributed by atoms with Crippen molar-refractivity contribution in [2.75, 3.05) is 0 Å². The zero-order valence-electron chi connectivity index (χ0n) is 9.27. The molecule has 0 radical (unpaired) electrons.